The van der Waals surface area contributed by atoms with Gasteiger partial charge in [-0.1, -0.05) is 30.3 Å². The lowest BCUT2D eigenvalue weighted by atomic mass is 9.97. The summed E-state index contributed by atoms with van der Waals surface area (Å²) in [5.74, 6) is -0.226. The molecule has 0 bridgehead atoms. The highest BCUT2D eigenvalue weighted by Gasteiger charge is 2.22. The first kappa shape index (κ1) is 13.5. The zero-order chi connectivity index (χ0) is 13.5. The Bertz CT molecular complexity index is 428. The van der Waals surface area contributed by atoms with E-state index in [-0.39, 0.29) is 11.8 Å². The van der Waals surface area contributed by atoms with Crippen LogP contribution in [-0.2, 0) is 11.3 Å². The normalized spacial score (nSPS) is 15.8. The smallest absolute Gasteiger partial charge is 0.321 e. The summed E-state index contributed by atoms with van der Waals surface area (Å²) in [6, 6.07) is 9.17. The Labute approximate surface area is 112 Å². The van der Waals surface area contributed by atoms with Crippen LogP contribution in [0.2, 0.25) is 0 Å². The highest BCUT2D eigenvalue weighted by Crippen LogP contribution is 2.11. The van der Waals surface area contributed by atoms with Crippen LogP contribution in [0.15, 0.2) is 30.3 Å². The minimum atomic E-state index is -0.424. The monoisotopic (exact) mass is 261 g/mol. The van der Waals surface area contributed by atoms with Crippen LogP contribution < -0.4 is 16.0 Å². The summed E-state index contributed by atoms with van der Waals surface area (Å²) in [7, 11) is 0. The Morgan fingerprint density at radius 2 is 1.84 bits per heavy atom. The number of hydrogen-bond acceptors (Lipinski definition) is 3. The lowest BCUT2D eigenvalue weighted by molar-refractivity contribution is -0.124. The van der Waals surface area contributed by atoms with Gasteiger partial charge in [0.15, 0.2) is 0 Å². The zero-order valence-corrected chi connectivity index (χ0v) is 10.8. The minimum absolute atomic E-state index is 0.0521. The van der Waals surface area contributed by atoms with Gasteiger partial charge in [-0.25, -0.2) is 4.79 Å². The Morgan fingerprint density at radius 1 is 1.16 bits per heavy atom. The number of piperidine rings is 1. The molecule has 1 aromatic rings. The summed E-state index contributed by atoms with van der Waals surface area (Å²) in [6.45, 7) is 2.10. The van der Waals surface area contributed by atoms with Gasteiger partial charge in [0.2, 0.25) is 5.91 Å². The first-order valence-corrected chi connectivity index (χ1v) is 6.59. The molecule has 3 amide bonds. The molecule has 0 radical (unpaired) electrons. The predicted octanol–water partition coefficient (Wildman–Crippen LogP) is 1.01. The molecule has 0 aromatic heterocycles. The lowest BCUT2D eigenvalue weighted by Crippen LogP contribution is -2.44. The standard InChI is InChI=1S/C14H19N3O2/c18-13(12-6-8-15-9-7-12)17-14(19)16-10-11-4-2-1-3-5-11/h1-5,12,15H,6-10H2,(H2,16,17,18,19). The van der Waals surface area contributed by atoms with Gasteiger partial charge in [0.1, 0.15) is 0 Å². The fourth-order valence-electron chi connectivity index (χ4n) is 2.12. The van der Waals surface area contributed by atoms with Crippen LogP contribution in [0.4, 0.5) is 4.79 Å². The maximum Gasteiger partial charge on any atom is 0.321 e. The topological polar surface area (TPSA) is 70.2 Å². The summed E-state index contributed by atoms with van der Waals surface area (Å²) in [5.41, 5.74) is 1.01. The second kappa shape index (κ2) is 6.89. The summed E-state index contributed by atoms with van der Waals surface area (Å²) in [5, 5.41) is 8.27. The van der Waals surface area contributed by atoms with E-state index in [1.54, 1.807) is 0 Å². The van der Waals surface area contributed by atoms with Crippen LogP contribution in [0, 0.1) is 5.92 Å². The number of carbonyl (C=O) groups excluding carboxylic acids is 2. The molecule has 1 heterocycles. The van der Waals surface area contributed by atoms with Gasteiger partial charge in [0.05, 0.1) is 0 Å². The molecular weight excluding hydrogens is 242 g/mol. The second-order valence-electron chi connectivity index (χ2n) is 4.68. The van der Waals surface area contributed by atoms with E-state index in [0.717, 1.165) is 31.5 Å². The predicted molar refractivity (Wildman–Crippen MR) is 72.4 cm³/mol. The Morgan fingerprint density at radius 3 is 2.53 bits per heavy atom. The number of carbonyl (C=O) groups is 2. The molecule has 2 rings (SSSR count). The molecule has 5 nitrogen and oxygen atoms in total. The minimum Gasteiger partial charge on any atom is -0.334 e. The molecule has 19 heavy (non-hydrogen) atoms. The molecule has 1 aliphatic rings. The highest BCUT2D eigenvalue weighted by molar-refractivity contribution is 5.95. The first-order valence-electron chi connectivity index (χ1n) is 6.59. The van der Waals surface area contributed by atoms with Crippen LogP contribution in [-0.4, -0.2) is 25.0 Å². The van der Waals surface area contributed by atoms with E-state index in [0.29, 0.717) is 6.54 Å². The van der Waals surface area contributed by atoms with Crippen molar-refractivity contribution >= 4 is 11.9 Å². The van der Waals surface area contributed by atoms with E-state index in [1.165, 1.54) is 0 Å². The maximum absolute atomic E-state index is 11.8. The fraction of sp³-hybridized carbons (Fsp3) is 0.429. The molecule has 0 aliphatic carbocycles. The molecule has 3 N–H and O–H groups in total. The van der Waals surface area contributed by atoms with Crippen LogP contribution in [0.25, 0.3) is 0 Å². The molecule has 0 unspecified atom stereocenters. The van der Waals surface area contributed by atoms with Crippen molar-refractivity contribution in [2.75, 3.05) is 13.1 Å². The SMILES string of the molecule is O=C(NCc1ccccc1)NC(=O)C1CCNCC1. The van der Waals surface area contributed by atoms with Gasteiger partial charge >= 0.3 is 6.03 Å². The van der Waals surface area contributed by atoms with Gasteiger partial charge in [-0.15, -0.1) is 0 Å². The molecule has 5 heteroatoms. The molecule has 0 atom stereocenters. The van der Waals surface area contributed by atoms with E-state index in [1.807, 2.05) is 30.3 Å². The molecule has 1 saturated heterocycles. The molecule has 0 saturated carbocycles. The summed E-state index contributed by atoms with van der Waals surface area (Å²) in [6.07, 6.45) is 1.58. The molecule has 1 aliphatic heterocycles. The van der Waals surface area contributed by atoms with Crippen molar-refractivity contribution in [1.29, 1.82) is 0 Å². The van der Waals surface area contributed by atoms with Crippen LogP contribution in [0.3, 0.4) is 0 Å². The van der Waals surface area contributed by atoms with E-state index >= 15 is 0 Å². The summed E-state index contributed by atoms with van der Waals surface area (Å²) < 4.78 is 0. The lowest BCUT2D eigenvalue weighted by Gasteiger charge is -2.21. The van der Waals surface area contributed by atoms with Gasteiger partial charge < -0.3 is 10.6 Å². The quantitative estimate of drug-likeness (QED) is 0.760. The number of urea groups is 1. The third kappa shape index (κ3) is 4.37. The van der Waals surface area contributed by atoms with Gasteiger partial charge in [-0.2, -0.15) is 0 Å². The number of hydrogen-bond donors (Lipinski definition) is 3. The number of amides is 3. The Balaban J connectivity index is 1.73. The van der Waals surface area contributed by atoms with Crippen LogP contribution in [0.1, 0.15) is 18.4 Å². The molecule has 1 aromatic carbocycles. The van der Waals surface area contributed by atoms with Crippen molar-refractivity contribution in [3.63, 3.8) is 0 Å². The molecule has 1 fully saturated rings. The van der Waals surface area contributed by atoms with Crippen molar-refractivity contribution in [2.24, 2.45) is 5.92 Å². The zero-order valence-electron chi connectivity index (χ0n) is 10.8. The second-order valence-corrected chi connectivity index (χ2v) is 4.68. The van der Waals surface area contributed by atoms with E-state index in [9.17, 15) is 9.59 Å². The number of nitrogens with one attached hydrogen (secondary N) is 3. The third-order valence-corrected chi connectivity index (χ3v) is 3.24. The van der Waals surface area contributed by atoms with E-state index < -0.39 is 6.03 Å². The van der Waals surface area contributed by atoms with Crippen LogP contribution >= 0.6 is 0 Å². The average Bonchev–Trinajstić information content (AvgIpc) is 2.47. The first-order chi connectivity index (χ1) is 9.25. The van der Waals surface area contributed by atoms with Gasteiger partial charge in [0, 0.05) is 12.5 Å². The van der Waals surface area contributed by atoms with Gasteiger partial charge in [-0.05, 0) is 31.5 Å². The van der Waals surface area contributed by atoms with Gasteiger partial charge in [-0.3, -0.25) is 10.1 Å². The fourth-order valence-corrected chi connectivity index (χ4v) is 2.12. The van der Waals surface area contributed by atoms with E-state index in [4.69, 9.17) is 0 Å². The molecule has 102 valence electrons. The average molecular weight is 261 g/mol. The highest BCUT2D eigenvalue weighted by atomic mass is 16.2. The Kier molecular flexibility index (Phi) is 4.92. The number of imide groups is 1. The van der Waals surface area contributed by atoms with Crippen molar-refractivity contribution in [1.82, 2.24) is 16.0 Å². The Hall–Kier alpha value is -1.88. The molecular formula is C14H19N3O2. The van der Waals surface area contributed by atoms with Crippen molar-refractivity contribution in [3.8, 4) is 0 Å². The summed E-state index contributed by atoms with van der Waals surface area (Å²) >= 11 is 0. The number of benzene rings is 1. The van der Waals surface area contributed by atoms with Crippen LogP contribution in [0.5, 0.6) is 0 Å². The molecule has 0 spiro atoms. The maximum atomic E-state index is 11.8. The number of rotatable bonds is 3. The van der Waals surface area contributed by atoms with E-state index in [2.05, 4.69) is 16.0 Å². The largest absolute Gasteiger partial charge is 0.334 e. The van der Waals surface area contributed by atoms with Crippen molar-refractivity contribution in [2.45, 2.75) is 19.4 Å². The summed E-state index contributed by atoms with van der Waals surface area (Å²) in [4.78, 5) is 23.4. The van der Waals surface area contributed by atoms with Crippen molar-refractivity contribution in [3.05, 3.63) is 35.9 Å². The third-order valence-electron chi connectivity index (χ3n) is 3.24. The van der Waals surface area contributed by atoms with Crippen molar-refractivity contribution < 1.29 is 9.59 Å². The van der Waals surface area contributed by atoms with Gasteiger partial charge in [0.25, 0.3) is 0 Å².